The molecule has 27 heavy (non-hydrogen) atoms. The number of halogens is 1. The number of carbonyl (C=O) groups excluding carboxylic acids is 2. The van der Waals surface area contributed by atoms with Gasteiger partial charge in [0.05, 0.1) is 19.6 Å². The summed E-state index contributed by atoms with van der Waals surface area (Å²) in [6.45, 7) is 3.69. The van der Waals surface area contributed by atoms with E-state index in [9.17, 15) is 14.0 Å². The van der Waals surface area contributed by atoms with Gasteiger partial charge in [0.2, 0.25) is 0 Å². The Morgan fingerprint density at radius 2 is 1.96 bits per heavy atom. The van der Waals surface area contributed by atoms with E-state index in [-0.39, 0.29) is 23.9 Å². The van der Waals surface area contributed by atoms with Gasteiger partial charge in [0.25, 0.3) is 5.91 Å². The number of hydrogen-bond acceptors (Lipinski definition) is 3. The van der Waals surface area contributed by atoms with E-state index in [4.69, 9.17) is 4.84 Å². The van der Waals surface area contributed by atoms with Crippen molar-refractivity contribution in [1.82, 2.24) is 9.63 Å². The van der Waals surface area contributed by atoms with Gasteiger partial charge in [-0.05, 0) is 49.4 Å². The molecule has 1 aliphatic carbocycles. The number of nitrogens with zero attached hydrogens (tertiary/aromatic N) is 2. The molecule has 0 spiro atoms. The number of benzene rings is 1. The molecule has 0 unspecified atom stereocenters. The van der Waals surface area contributed by atoms with Crippen LogP contribution in [-0.2, 0) is 29.0 Å². The van der Waals surface area contributed by atoms with Crippen molar-refractivity contribution in [2.45, 2.75) is 45.6 Å². The minimum Gasteiger partial charge on any atom is -0.343 e. The number of ketones is 1. The number of rotatable bonds is 4. The molecule has 0 bridgehead atoms. The predicted molar refractivity (Wildman–Crippen MR) is 97.9 cm³/mol. The lowest BCUT2D eigenvalue weighted by atomic mass is 9.92. The van der Waals surface area contributed by atoms with Gasteiger partial charge in [-0.1, -0.05) is 12.1 Å². The van der Waals surface area contributed by atoms with Crippen molar-refractivity contribution in [1.29, 1.82) is 0 Å². The Hall–Kier alpha value is -2.47. The zero-order valence-corrected chi connectivity index (χ0v) is 15.5. The van der Waals surface area contributed by atoms with E-state index in [0.717, 1.165) is 41.8 Å². The predicted octanol–water partition coefficient (Wildman–Crippen LogP) is 3.21. The molecule has 2 aromatic rings. The number of hydrogen-bond donors (Lipinski definition) is 0. The SMILES string of the molecule is Cc1c(CC(=O)N2CCCO2)c2c(n1Cc1ccc(F)cc1)CCCC2=O. The second-order valence-electron chi connectivity index (χ2n) is 7.23. The molecule has 142 valence electrons. The van der Waals surface area contributed by atoms with Crippen LogP contribution in [0.2, 0.25) is 0 Å². The molecule has 0 N–H and O–H groups in total. The van der Waals surface area contributed by atoms with Crippen molar-refractivity contribution in [2.75, 3.05) is 13.2 Å². The largest absolute Gasteiger partial charge is 0.343 e. The first-order valence-electron chi connectivity index (χ1n) is 9.46. The third-order valence-corrected chi connectivity index (χ3v) is 5.47. The molecule has 6 heteroatoms. The molecule has 4 rings (SSSR count). The maximum absolute atomic E-state index is 13.2. The number of Topliss-reactive ketones (excluding diaryl/α,β-unsaturated/α-hetero) is 1. The van der Waals surface area contributed by atoms with Crippen LogP contribution in [0.25, 0.3) is 0 Å². The Kier molecular flexibility index (Phi) is 4.83. The summed E-state index contributed by atoms with van der Waals surface area (Å²) >= 11 is 0. The Labute approximate surface area is 157 Å². The van der Waals surface area contributed by atoms with Gasteiger partial charge in [-0.3, -0.25) is 14.4 Å². The molecular formula is C21H23FN2O3. The number of hydroxylamine groups is 2. The third kappa shape index (κ3) is 3.41. The highest BCUT2D eigenvalue weighted by molar-refractivity contribution is 6.01. The van der Waals surface area contributed by atoms with Crippen molar-refractivity contribution < 1.29 is 18.8 Å². The second-order valence-corrected chi connectivity index (χ2v) is 7.23. The van der Waals surface area contributed by atoms with Crippen molar-refractivity contribution in [3.8, 4) is 0 Å². The van der Waals surface area contributed by atoms with Crippen LogP contribution < -0.4 is 0 Å². The zero-order chi connectivity index (χ0) is 19.0. The van der Waals surface area contributed by atoms with Gasteiger partial charge in [0, 0.05) is 29.9 Å². The van der Waals surface area contributed by atoms with Crippen LogP contribution in [0.3, 0.4) is 0 Å². The van der Waals surface area contributed by atoms with Gasteiger partial charge in [-0.2, -0.15) is 0 Å². The van der Waals surface area contributed by atoms with Crippen LogP contribution in [-0.4, -0.2) is 34.5 Å². The topological polar surface area (TPSA) is 51.5 Å². The molecule has 2 heterocycles. The van der Waals surface area contributed by atoms with Gasteiger partial charge in [0.1, 0.15) is 5.82 Å². The average molecular weight is 370 g/mol. The van der Waals surface area contributed by atoms with Crippen LogP contribution in [0.1, 0.15) is 52.1 Å². The lowest BCUT2D eigenvalue weighted by molar-refractivity contribution is -0.167. The third-order valence-electron chi connectivity index (χ3n) is 5.47. The van der Waals surface area contributed by atoms with Crippen LogP contribution in [0.15, 0.2) is 24.3 Å². The van der Waals surface area contributed by atoms with Gasteiger partial charge in [-0.25, -0.2) is 9.45 Å². The highest BCUT2D eigenvalue weighted by atomic mass is 19.1. The molecular weight excluding hydrogens is 347 g/mol. The lowest BCUT2D eigenvalue weighted by Gasteiger charge is -2.16. The van der Waals surface area contributed by atoms with Gasteiger partial charge < -0.3 is 4.57 Å². The summed E-state index contributed by atoms with van der Waals surface area (Å²) in [5.74, 6) is -0.255. The van der Waals surface area contributed by atoms with Crippen LogP contribution in [0.4, 0.5) is 4.39 Å². The fourth-order valence-corrected chi connectivity index (χ4v) is 4.07. The van der Waals surface area contributed by atoms with Crippen molar-refractivity contribution >= 4 is 11.7 Å². The smallest absolute Gasteiger partial charge is 0.250 e. The maximum Gasteiger partial charge on any atom is 0.250 e. The van der Waals surface area contributed by atoms with E-state index in [1.165, 1.54) is 17.2 Å². The van der Waals surface area contributed by atoms with E-state index in [2.05, 4.69) is 4.57 Å². The number of amides is 1. The lowest BCUT2D eigenvalue weighted by Crippen LogP contribution is -2.28. The normalized spacial score (nSPS) is 16.7. The summed E-state index contributed by atoms with van der Waals surface area (Å²) in [6.07, 6.45) is 3.18. The fourth-order valence-electron chi connectivity index (χ4n) is 4.07. The molecule has 0 radical (unpaired) electrons. The van der Waals surface area contributed by atoms with E-state index in [0.29, 0.717) is 31.7 Å². The first-order chi connectivity index (χ1) is 13.0. The molecule has 1 aliphatic heterocycles. The molecule has 1 saturated heterocycles. The number of aromatic nitrogens is 1. The summed E-state index contributed by atoms with van der Waals surface area (Å²) in [7, 11) is 0. The second kappa shape index (κ2) is 7.27. The van der Waals surface area contributed by atoms with Gasteiger partial charge in [-0.15, -0.1) is 0 Å². The van der Waals surface area contributed by atoms with E-state index in [1.807, 2.05) is 6.92 Å². The molecule has 1 amide bonds. The zero-order valence-electron chi connectivity index (χ0n) is 15.5. The van der Waals surface area contributed by atoms with Crippen molar-refractivity contribution in [3.63, 3.8) is 0 Å². The summed E-state index contributed by atoms with van der Waals surface area (Å²) in [5, 5.41) is 1.41. The Bertz CT molecular complexity index is 880. The first kappa shape index (κ1) is 17.9. The van der Waals surface area contributed by atoms with E-state index in [1.54, 1.807) is 12.1 Å². The summed E-state index contributed by atoms with van der Waals surface area (Å²) in [6, 6.07) is 6.41. The van der Waals surface area contributed by atoms with Crippen molar-refractivity contribution in [2.24, 2.45) is 0 Å². The standard InChI is InChI=1S/C21H23FN2O3/c1-14-17(12-20(26)24-10-3-11-27-24)21-18(4-2-5-19(21)25)23(14)13-15-6-8-16(22)9-7-15/h6-9H,2-5,10-13H2,1H3. The minimum atomic E-state index is -0.267. The van der Waals surface area contributed by atoms with Gasteiger partial charge >= 0.3 is 0 Å². The monoisotopic (exact) mass is 370 g/mol. The highest BCUT2D eigenvalue weighted by Gasteiger charge is 2.30. The van der Waals surface area contributed by atoms with Crippen LogP contribution >= 0.6 is 0 Å². The number of fused-ring (bicyclic) bond motifs is 1. The average Bonchev–Trinajstić information content (AvgIpc) is 3.27. The molecule has 0 atom stereocenters. The molecule has 1 fully saturated rings. The Morgan fingerprint density at radius 1 is 1.19 bits per heavy atom. The van der Waals surface area contributed by atoms with E-state index >= 15 is 0 Å². The molecule has 5 nitrogen and oxygen atoms in total. The molecule has 2 aliphatic rings. The Morgan fingerprint density at radius 3 is 2.67 bits per heavy atom. The summed E-state index contributed by atoms with van der Waals surface area (Å²) < 4.78 is 15.3. The quantitative estimate of drug-likeness (QED) is 0.830. The van der Waals surface area contributed by atoms with Crippen LogP contribution in [0, 0.1) is 12.7 Å². The highest BCUT2D eigenvalue weighted by Crippen LogP contribution is 2.31. The first-order valence-corrected chi connectivity index (χ1v) is 9.46. The minimum absolute atomic E-state index is 0.101. The Balaban J connectivity index is 1.70. The maximum atomic E-state index is 13.2. The summed E-state index contributed by atoms with van der Waals surface area (Å²) in [5.41, 5.74) is 4.44. The summed E-state index contributed by atoms with van der Waals surface area (Å²) in [4.78, 5) is 30.6. The molecule has 1 aromatic carbocycles. The van der Waals surface area contributed by atoms with E-state index < -0.39 is 0 Å². The molecule has 1 aromatic heterocycles. The number of carbonyl (C=O) groups is 2. The van der Waals surface area contributed by atoms with Crippen LogP contribution in [0.5, 0.6) is 0 Å². The molecule has 0 saturated carbocycles. The fraction of sp³-hybridized carbons (Fsp3) is 0.429. The van der Waals surface area contributed by atoms with Crippen molar-refractivity contribution in [3.05, 3.63) is 58.2 Å². The van der Waals surface area contributed by atoms with Gasteiger partial charge in [0.15, 0.2) is 5.78 Å².